The minimum absolute atomic E-state index is 0.759. The molecule has 1 rings (SSSR count). The number of nitrogens with one attached hydrogen (secondary N) is 2. The van der Waals surface area contributed by atoms with Crippen molar-refractivity contribution in [1.82, 2.24) is 10.9 Å². The number of aliphatic hydroxyl groups excluding tert-OH is 2. The molecule has 4 atom stereocenters. The highest BCUT2D eigenvalue weighted by atomic mass is 19.1. The number of hydrogen-bond donors (Lipinski definition) is 4. The van der Waals surface area contributed by atoms with Crippen LogP contribution in [-0.4, -0.2) is 48.5 Å². The lowest BCUT2D eigenvalue weighted by atomic mass is 10.1. The molecule has 12 heavy (non-hydrogen) atoms. The first-order chi connectivity index (χ1) is 5.70. The van der Waals surface area contributed by atoms with Crippen LogP contribution in [0.1, 0.15) is 0 Å². The van der Waals surface area contributed by atoms with Gasteiger partial charge in [-0.1, -0.05) is 0 Å². The highest BCUT2D eigenvalue weighted by Crippen LogP contribution is 2.19. The number of hydrazine groups is 1. The standard InChI is InChI=1S/C6H13FN2O3/c1-8-9-6-5(11)4(10)3(2-7)12-6/h3-6,8-11H,2H2,1H3/t3?,4-,5-,6?/m1/s1. The Morgan fingerprint density at radius 3 is 2.50 bits per heavy atom. The van der Waals surface area contributed by atoms with Gasteiger partial charge in [-0.25, -0.2) is 9.82 Å². The van der Waals surface area contributed by atoms with Gasteiger partial charge in [0.2, 0.25) is 0 Å². The maximum atomic E-state index is 12.1. The van der Waals surface area contributed by atoms with E-state index in [0.717, 1.165) is 0 Å². The van der Waals surface area contributed by atoms with Gasteiger partial charge < -0.3 is 14.9 Å². The number of rotatable bonds is 3. The molecule has 1 aliphatic rings. The van der Waals surface area contributed by atoms with Crippen molar-refractivity contribution in [2.24, 2.45) is 0 Å². The number of ether oxygens (including phenoxy) is 1. The van der Waals surface area contributed by atoms with Crippen LogP contribution in [0.4, 0.5) is 4.39 Å². The molecule has 0 aromatic rings. The first-order valence-corrected chi connectivity index (χ1v) is 3.70. The zero-order valence-corrected chi connectivity index (χ0v) is 6.70. The minimum atomic E-state index is -1.17. The molecule has 72 valence electrons. The summed E-state index contributed by atoms with van der Waals surface area (Å²) in [5.41, 5.74) is 5.08. The van der Waals surface area contributed by atoms with Gasteiger partial charge >= 0.3 is 0 Å². The lowest BCUT2D eigenvalue weighted by Crippen LogP contribution is -2.46. The number of hydrogen-bond acceptors (Lipinski definition) is 5. The second-order valence-corrected chi connectivity index (χ2v) is 2.62. The Labute approximate surface area is 69.5 Å². The third-order valence-corrected chi connectivity index (χ3v) is 1.80. The van der Waals surface area contributed by atoms with Crippen molar-refractivity contribution in [2.45, 2.75) is 24.5 Å². The van der Waals surface area contributed by atoms with Crippen LogP contribution >= 0.6 is 0 Å². The normalized spacial score (nSPS) is 42.0. The van der Waals surface area contributed by atoms with E-state index in [-0.39, 0.29) is 0 Å². The van der Waals surface area contributed by atoms with Gasteiger partial charge in [0.1, 0.15) is 31.2 Å². The first-order valence-electron chi connectivity index (χ1n) is 3.70. The Kier molecular flexibility index (Phi) is 3.36. The molecule has 0 saturated carbocycles. The van der Waals surface area contributed by atoms with Gasteiger partial charge in [0.05, 0.1) is 0 Å². The largest absolute Gasteiger partial charge is 0.387 e. The van der Waals surface area contributed by atoms with Crippen LogP contribution < -0.4 is 10.9 Å². The molecule has 0 aromatic heterocycles. The summed E-state index contributed by atoms with van der Waals surface area (Å²) in [6.07, 6.45) is -3.96. The molecule has 0 bridgehead atoms. The molecular weight excluding hydrogens is 167 g/mol. The van der Waals surface area contributed by atoms with Crippen LogP contribution in [0.15, 0.2) is 0 Å². The first kappa shape index (κ1) is 9.82. The molecule has 1 fully saturated rings. The fourth-order valence-electron chi connectivity index (χ4n) is 1.14. The van der Waals surface area contributed by atoms with Crippen LogP contribution in [0, 0.1) is 0 Å². The Morgan fingerprint density at radius 2 is 2.08 bits per heavy atom. The van der Waals surface area contributed by atoms with E-state index >= 15 is 0 Å². The molecule has 0 radical (unpaired) electrons. The lowest BCUT2D eigenvalue weighted by Gasteiger charge is -2.14. The van der Waals surface area contributed by atoms with Gasteiger partial charge in [-0.05, 0) is 7.05 Å². The van der Waals surface area contributed by atoms with Gasteiger partial charge in [-0.15, -0.1) is 0 Å². The second-order valence-electron chi connectivity index (χ2n) is 2.62. The van der Waals surface area contributed by atoms with E-state index in [1.807, 2.05) is 0 Å². The van der Waals surface area contributed by atoms with Crippen LogP contribution in [0.25, 0.3) is 0 Å². The highest BCUT2D eigenvalue weighted by molar-refractivity contribution is 4.88. The molecule has 0 spiro atoms. The molecule has 1 aliphatic heterocycles. The molecule has 2 unspecified atom stereocenters. The second kappa shape index (κ2) is 4.11. The van der Waals surface area contributed by atoms with E-state index in [0.29, 0.717) is 0 Å². The summed E-state index contributed by atoms with van der Waals surface area (Å²) >= 11 is 0. The molecule has 5 nitrogen and oxygen atoms in total. The third-order valence-electron chi connectivity index (χ3n) is 1.80. The van der Waals surface area contributed by atoms with Crippen molar-refractivity contribution in [3.05, 3.63) is 0 Å². The van der Waals surface area contributed by atoms with Crippen molar-refractivity contribution in [1.29, 1.82) is 0 Å². The Morgan fingerprint density at radius 1 is 1.42 bits per heavy atom. The van der Waals surface area contributed by atoms with E-state index < -0.39 is 31.2 Å². The molecule has 0 aromatic carbocycles. The van der Waals surface area contributed by atoms with Crippen molar-refractivity contribution in [2.75, 3.05) is 13.7 Å². The average molecular weight is 180 g/mol. The smallest absolute Gasteiger partial charge is 0.149 e. The molecule has 1 saturated heterocycles. The Balaban J connectivity index is 2.48. The summed E-state index contributed by atoms with van der Waals surface area (Å²) in [5.74, 6) is 0. The van der Waals surface area contributed by atoms with Crippen molar-refractivity contribution < 1.29 is 19.3 Å². The fourth-order valence-corrected chi connectivity index (χ4v) is 1.14. The molecule has 6 heteroatoms. The topological polar surface area (TPSA) is 73.8 Å². The quantitative estimate of drug-likeness (QED) is 0.383. The summed E-state index contributed by atoms with van der Waals surface area (Å²) in [5, 5.41) is 18.4. The Hall–Kier alpha value is -0.270. The van der Waals surface area contributed by atoms with E-state index in [1.54, 1.807) is 7.05 Å². The molecule has 0 amide bonds. The fraction of sp³-hybridized carbons (Fsp3) is 1.00. The van der Waals surface area contributed by atoms with Gasteiger partial charge in [0.15, 0.2) is 0 Å². The van der Waals surface area contributed by atoms with E-state index in [4.69, 9.17) is 4.74 Å². The average Bonchev–Trinajstić information content (AvgIpc) is 2.33. The number of alkyl halides is 1. The predicted molar refractivity (Wildman–Crippen MR) is 38.8 cm³/mol. The third kappa shape index (κ3) is 1.73. The number of aliphatic hydroxyl groups is 2. The maximum Gasteiger partial charge on any atom is 0.149 e. The Bertz CT molecular complexity index is 149. The van der Waals surface area contributed by atoms with Gasteiger partial charge in [0, 0.05) is 0 Å². The summed E-state index contributed by atoms with van der Waals surface area (Å²) < 4.78 is 17.0. The monoisotopic (exact) mass is 180 g/mol. The zero-order valence-electron chi connectivity index (χ0n) is 6.70. The molecular formula is C6H13FN2O3. The minimum Gasteiger partial charge on any atom is -0.387 e. The van der Waals surface area contributed by atoms with Crippen LogP contribution in [0.3, 0.4) is 0 Å². The van der Waals surface area contributed by atoms with Crippen molar-refractivity contribution >= 4 is 0 Å². The molecule has 0 aliphatic carbocycles. The van der Waals surface area contributed by atoms with Crippen LogP contribution in [-0.2, 0) is 4.74 Å². The predicted octanol–water partition coefficient (Wildman–Crippen LogP) is -1.87. The summed E-state index contributed by atoms with van der Waals surface area (Å²) in [6.45, 7) is -0.805. The summed E-state index contributed by atoms with van der Waals surface area (Å²) in [6, 6.07) is 0. The maximum absolute atomic E-state index is 12.1. The van der Waals surface area contributed by atoms with Crippen molar-refractivity contribution in [3.8, 4) is 0 Å². The van der Waals surface area contributed by atoms with Crippen LogP contribution in [0.2, 0.25) is 0 Å². The van der Waals surface area contributed by atoms with Crippen LogP contribution in [0.5, 0.6) is 0 Å². The van der Waals surface area contributed by atoms with E-state index in [9.17, 15) is 14.6 Å². The molecule has 1 heterocycles. The van der Waals surface area contributed by atoms with Gasteiger partial charge in [0.25, 0.3) is 0 Å². The van der Waals surface area contributed by atoms with Crippen molar-refractivity contribution in [3.63, 3.8) is 0 Å². The van der Waals surface area contributed by atoms with E-state index in [1.165, 1.54) is 0 Å². The molecule has 4 N–H and O–H groups in total. The summed E-state index contributed by atoms with van der Waals surface area (Å²) in [7, 11) is 1.59. The number of halogens is 1. The SMILES string of the molecule is CNNC1OC(CF)[C@@H](O)[C@H]1O. The summed E-state index contributed by atoms with van der Waals surface area (Å²) in [4.78, 5) is 0. The van der Waals surface area contributed by atoms with Gasteiger partial charge in [-0.3, -0.25) is 5.43 Å². The highest BCUT2D eigenvalue weighted by Gasteiger charge is 2.42. The van der Waals surface area contributed by atoms with Gasteiger partial charge in [-0.2, -0.15) is 0 Å². The lowest BCUT2D eigenvalue weighted by molar-refractivity contribution is -0.0251. The van der Waals surface area contributed by atoms with E-state index in [2.05, 4.69) is 10.9 Å². The zero-order chi connectivity index (χ0) is 9.14.